The van der Waals surface area contributed by atoms with Gasteiger partial charge in [0, 0.05) is 52.1 Å². The van der Waals surface area contributed by atoms with E-state index in [0.29, 0.717) is 65.6 Å². The van der Waals surface area contributed by atoms with Crippen LogP contribution in [0, 0.1) is 6.92 Å². The summed E-state index contributed by atoms with van der Waals surface area (Å²) >= 11 is 6.61. The molecule has 0 N–H and O–H groups in total. The Kier molecular flexibility index (Phi) is 6.71. The Morgan fingerprint density at radius 1 is 1.27 bits per heavy atom. The molecule has 0 radical (unpaired) electrons. The Bertz CT molecular complexity index is 1120. The maximum absolute atomic E-state index is 13.7. The second-order valence-corrected chi connectivity index (χ2v) is 9.58. The van der Waals surface area contributed by atoms with E-state index in [4.69, 9.17) is 21.1 Å². The first kappa shape index (κ1) is 24.0. The van der Waals surface area contributed by atoms with Gasteiger partial charge in [-0.1, -0.05) is 11.6 Å². The predicted molar refractivity (Wildman–Crippen MR) is 128 cm³/mol. The van der Waals surface area contributed by atoms with Gasteiger partial charge in [0.05, 0.1) is 16.8 Å². The Balaban J connectivity index is 1.84. The summed E-state index contributed by atoms with van der Waals surface area (Å²) in [7, 11) is 3.82. The summed E-state index contributed by atoms with van der Waals surface area (Å²) in [6.07, 6.45) is 2.07. The zero-order valence-corrected chi connectivity index (χ0v) is 20.9. The number of aromatic nitrogens is 2. The van der Waals surface area contributed by atoms with Crippen molar-refractivity contribution >= 4 is 28.4 Å². The van der Waals surface area contributed by atoms with Crippen molar-refractivity contribution in [2.45, 2.75) is 51.7 Å². The van der Waals surface area contributed by atoms with Crippen LogP contribution in [0.5, 0.6) is 5.75 Å². The third kappa shape index (κ3) is 4.36. The average Bonchev–Trinajstić information content (AvgIpc) is 3.18. The van der Waals surface area contributed by atoms with Gasteiger partial charge in [-0.3, -0.25) is 9.59 Å². The molecule has 180 valence electrons. The average molecular weight is 477 g/mol. The number of carbonyl (C=O) groups excluding carboxylic acids is 1. The van der Waals surface area contributed by atoms with E-state index in [0.717, 1.165) is 19.5 Å². The van der Waals surface area contributed by atoms with Crippen LogP contribution in [-0.2, 0) is 22.2 Å². The fourth-order valence-electron chi connectivity index (χ4n) is 5.17. The van der Waals surface area contributed by atoms with Gasteiger partial charge in [0.15, 0.2) is 5.75 Å². The summed E-state index contributed by atoms with van der Waals surface area (Å²) in [6.45, 7) is 8.70. The highest BCUT2D eigenvalue weighted by Crippen LogP contribution is 2.39. The highest BCUT2D eigenvalue weighted by Gasteiger charge is 2.40. The highest BCUT2D eigenvalue weighted by atomic mass is 35.5. The molecule has 2 aromatic heterocycles. The van der Waals surface area contributed by atoms with Crippen molar-refractivity contribution < 1.29 is 14.3 Å². The summed E-state index contributed by atoms with van der Waals surface area (Å²) < 4.78 is 14.2. The van der Waals surface area contributed by atoms with Gasteiger partial charge in [-0.05, 0) is 46.2 Å². The Hall–Kier alpha value is -2.16. The van der Waals surface area contributed by atoms with Gasteiger partial charge in [0.2, 0.25) is 5.91 Å². The van der Waals surface area contributed by atoms with Crippen molar-refractivity contribution in [3.8, 4) is 5.75 Å². The number of nitrogens with zero attached hydrogens (tertiary/aromatic N) is 4. The van der Waals surface area contributed by atoms with Gasteiger partial charge in [-0.2, -0.15) is 0 Å². The second-order valence-electron chi connectivity index (χ2n) is 9.23. The van der Waals surface area contributed by atoms with Crippen molar-refractivity contribution in [1.29, 1.82) is 0 Å². The fraction of sp³-hybridized carbons (Fsp3) is 0.625. The number of halogens is 1. The number of hydrogen-bond acceptors (Lipinski definition) is 6. The van der Waals surface area contributed by atoms with E-state index < -0.39 is 5.60 Å². The molecular formula is C24H33ClN4O4. The molecule has 0 saturated carbocycles. The van der Waals surface area contributed by atoms with Crippen molar-refractivity contribution in [2.24, 2.45) is 7.05 Å². The van der Waals surface area contributed by atoms with Crippen LogP contribution >= 0.6 is 11.6 Å². The lowest BCUT2D eigenvalue weighted by Gasteiger charge is -2.41. The molecule has 4 rings (SSSR count). The smallest absolute Gasteiger partial charge is 0.257 e. The molecule has 0 unspecified atom stereocenters. The largest absolute Gasteiger partial charge is 0.485 e. The lowest BCUT2D eigenvalue weighted by Crippen LogP contribution is -2.48. The van der Waals surface area contributed by atoms with Crippen molar-refractivity contribution in [3.05, 3.63) is 32.8 Å². The van der Waals surface area contributed by atoms with E-state index in [1.54, 1.807) is 23.4 Å². The van der Waals surface area contributed by atoms with Gasteiger partial charge in [-0.25, -0.2) is 4.98 Å². The first-order valence-corrected chi connectivity index (χ1v) is 12.0. The molecule has 0 bridgehead atoms. The van der Waals surface area contributed by atoms with E-state index in [1.807, 2.05) is 19.9 Å². The van der Waals surface area contributed by atoms with Crippen LogP contribution in [0.15, 0.2) is 10.9 Å². The predicted octanol–water partition coefficient (Wildman–Crippen LogP) is 2.85. The molecule has 2 fully saturated rings. The SMILES string of the molecule is CCOC1(c2cc3c(Cl)nc(C)c(O[C@@H]4CCN(C)C4)c3n(C)c2=O)CCN(C(C)=O)CC1. The number of amides is 1. The Morgan fingerprint density at radius 2 is 1.97 bits per heavy atom. The molecule has 9 heteroatoms. The van der Waals surface area contributed by atoms with Gasteiger partial charge < -0.3 is 23.8 Å². The molecule has 2 aliphatic rings. The molecule has 8 nitrogen and oxygen atoms in total. The second kappa shape index (κ2) is 9.24. The third-order valence-electron chi connectivity index (χ3n) is 7.01. The molecule has 0 aliphatic carbocycles. The minimum absolute atomic E-state index is 0.0357. The van der Waals surface area contributed by atoms with Gasteiger partial charge in [0.25, 0.3) is 5.56 Å². The number of carbonyl (C=O) groups is 1. The molecule has 1 amide bonds. The monoisotopic (exact) mass is 476 g/mol. The minimum Gasteiger partial charge on any atom is -0.485 e. The quantitative estimate of drug-likeness (QED) is 0.617. The number of hydrogen-bond donors (Lipinski definition) is 0. The number of likely N-dealkylation sites (tertiary alicyclic amines) is 2. The van der Waals surface area contributed by atoms with Crippen LogP contribution < -0.4 is 10.3 Å². The summed E-state index contributed by atoms with van der Waals surface area (Å²) in [5.41, 5.74) is 0.972. The Morgan fingerprint density at radius 3 is 2.55 bits per heavy atom. The number of fused-ring (bicyclic) bond motifs is 1. The summed E-state index contributed by atoms with van der Waals surface area (Å²) in [6, 6.07) is 1.83. The van der Waals surface area contributed by atoms with E-state index in [2.05, 4.69) is 16.9 Å². The minimum atomic E-state index is -0.771. The van der Waals surface area contributed by atoms with Crippen molar-refractivity contribution in [1.82, 2.24) is 19.4 Å². The molecule has 33 heavy (non-hydrogen) atoms. The van der Waals surface area contributed by atoms with E-state index in [9.17, 15) is 9.59 Å². The zero-order valence-electron chi connectivity index (χ0n) is 20.1. The van der Waals surface area contributed by atoms with Crippen LogP contribution in [0.1, 0.15) is 44.4 Å². The zero-order chi connectivity index (χ0) is 23.9. The summed E-state index contributed by atoms with van der Waals surface area (Å²) in [5.74, 6) is 0.645. The van der Waals surface area contributed by atoms with E-state index in [1.165, 1.54) is 0 Å². The van der Waals surface area contributed by atoms with E-state index >= 15 is 0 Å². The fourth-order valence-corrected chi connectivity index (χ4v) is 5.45. The third-order valence-corrected chi connectivity index (χ3v) is 7.29. The lowest BCUT2D eigenvalue weighted by atomic mass is 9.84. The number of pyridine rings is 2. The van der Waals surface area contributed by atoms with Crippen molar-refractivity contribution in [2.75, 3.05) is 39.8 Å². The van der Waals surface area contributed by atoms with Crippen LogP contribution in [0.2, 0.25) is 5.15 Å². The van der Waals surface area contributed by atoms with Gasteiger partial charge in [0.1, 0.15) is 16.9 Å². The maximum Gasteiger partial charge on any atom is 0.257 e. The first-order valence-electron chi connectivity index (χ1n) is 11.6. The van der Waals surface area contributed by atoms with Gasteiger partial charge >= 0.3 is 0 Å². The Labute approximate surface area is 199 Å². The van der Waals surface area contributed by atoms with Crippen LogP contribution in [0.3, 0.4) is 0 Å². The normalized spacial score (nSPS) is 21.0. The molecule has 0 aromatic carbocycles. The molecule has 0 spiro atoms. The number of rotatable bonds is 5. The maximum atomic E-state index is 13.7. The van der Waals surface area contributed by atoms with Crippen LogP contribution in [0.4, 0.5) is 0 Å². The molecule has 2 saturated heterocycles. The lowest BCUT2D eigenvalue weighted by molar-refractivity contribution is -0.136. The topological polar surface area (TPSA) is 76.9 Å². The molecule has 4 heterocycles. The first-order chi connectivity index (χ1) is 15.7. The number of aryl methyl sites for hydroxylation is 2. The number of piperidine rings is 1. The molecule has 1 atom stereocenters. The molecular weight excluding hydrogens is 444 g/mol. The number of ether oxygens (including phenoxy) is 2. The van der Waals surface area contributed by atoms with Crippen LogP contribution in [0.25, 0.3) is 10.9 Å². The standard InChI is InChI=1S/C24H33ClN4O4/c1-6-32-24(8-11-29(12-9-24)16(3)30)19-13-18-20(28(5)23(19)31)21(15(2)26-22(18)25)33-17-7-10-27(4)14-17/h13,17H,6-12,14H2,1-5H3/t17-/m1/s1. The summed E-state index contributed by atoms with van der Waals surface area (Å²) in [5, 5.41) is 1.01. The molecule has 2 aromatic rings. The van der Waals surface area contributed by atoms with Crippen LogP contribution in [-0.4, -0.2) is 71.2 Å². The van der Waals surface area contributed by atoms with Gasteiger partial charge in [-0.15, -0.1) is 0 Å². The molecule has 2 aliphatic heterocycles. The summed E-state index contributed by atoms with van der Waals surface area (Å²) in [4.78, 5) is 34.1. The van der Waals surface area contributed by atoms with E-state index in [-0.39, 0.29) is 17.6 Å². The van der Waals surface area contributed by atoms with Crippen molar-refractivity contribution in [3.63, 3.8) is 0 Å². The number of likely N-dealkylation sites (N-methyl/N-ethyl adjacent to an activating group) is 1. The highest BCUT2D eigenvalue weighted by molar-refractivity contribution is 6.34.